The zero-order chi connectivity index (χ0) is 19.6. The van der Waals surface area contributed by atoms with Gasteiger partial charge in [-0.05, 0) is 56.2 Å². The molecule has 6 nitrogen and oxygen atoms in total. The first-order chi connectivity index (χ1) is 12.9. The molecule has 3 N–H and O–H groups in total. The first-order valence-corrected chi connectivity index (χ1v) is 8.69. The number of hydrogen-bond donors (Lipinski definition) is 2. The number of hydrogen-bond acceptors (Lipinski definition) is 5. The quantitative estimate of drug-likeness (QED) is 0.634. The van der Waals surface area contributed by atoms with Crippen LogP contribution in [0.3, 0.4) is 0 Å². The van der Waals surface area contributed by atoms with Crippen LogP contribution in [0.5, 0.6) is 5.75 Å². The molecule has 0 fully saturated rings. The molecule has 0 aliphatic carbocycles. The summed E-state index contributed by atoms with van der Waals surface area (Å²) in [6.07, 6.45) is -0.734. The molecule has 0 saturated heterocycles. The highest BCUT2D eigenvalue weighted by molar-refractivity contribution is 5.94. The van der Waals surface area contributed by atoms with E-state index in [2.05, 4.69) is 5.32 Å². The summed E-state index contributed by atoms with van der Waals surface area (Å²) in [6, 6.07) is 12.5. The highest BCUT2D eigenvalue weighted by Crippen LogP contribution is 2.24. The van der Waals surface area contributed by atoms with E-state index in [0.717, 1.165) is 16.5 Å². The Bertz CT molecular complexity index is 1060. The van der Waals surface area contributed by atoms with Gasteiger partial charge >= 0.3 is 5.63 Å². The van der Waals surface area contributed by atoms with Gasteiger partial charge in [0, 0.05) is 29.2 Å². The molecular formula is C21H23ClN2O4. The van der Waals surface area contributed by atoms with Gasteiger partial charge in [0.25, 0.3) is 5.91 Å². The summed E-state index contributed by atoms with van der Waals surface area (Å²) in [5.41, 5.74) is 8.73. The standard InChI is InChI=1S/C21H22N2O4.ClH/c1-12-13(2)21(25)27-19-10-17(7-8-18(12)19)26-14(3)20(24)23-16-6-4-5-15(9-16)11-22;/h4-10,14H,11,22H2,1-3H3,(H,23,24);1H. The summed E-state index contributed by atoms with van der Waals surface area (Å²) in [5.74, 6) is 0.165. The largest absolute Gasteiger partial charge is 0.481 e. The molecule has 0 bridgehead atoms. The van der Waals surface area contributed by atoms with Crippen LogP contribution in [-0.2, 0) is 11.3 Å². The first-order valence-electron chi connectivity index (χ1n) is 8.69. The second-order valence-corrected chi connectivity index (χ2v) is 6.45. The van der Waals surface area contributed by atoms with Gasteiger partial charge in [-0.2, -0.15) is 0 Å². The van der Waals surface area contributed by atoms with Crippen molar-refractivity contribution >= 4 is 35.0 Å². The van der Waals surface area contributed by atoms with Crippen molar-refractivity contribution in [2.75, 3.05) is 5.32 Å². The Balaban J connectivity index is 0.00000280. The molecule has 2 aromatic carbocycles. The van der Waals surface area contributed by atoms with E-state index in [1.54, 1.807) is 32.0 Å². The monoisotopic (exact) mass is 402 g/mol. The van der Waals surface area contributed by atoms with Crippen molar-refractivity contribution in [1.82, 2.24) is 0 Å². The van der Waals surface area contributed by atoms with Gasteiger partial charge in [0.05, 0.1) is 0 Å². The maximum atomic E-state index is 12.4. The number of nitrogens with one attached hydrogen (secondary N) is 1. The lowest BCUT2D eigenvalue weighted by Gasteiger charge is -2.15. The molecule has 148 valence electrons. The predicted octanol–water partition coefficient (Wildman–Crippen LogP) is 3.70. The Morgan fingerprint density at radius 1 is 1.18 bits per heavy atom. The lowest BCUT2D eigenvalue weighted by molar-refractivity contribution is -0.122. The highest BCUT2D eigenvalue weighted by atomic mass is 35.5. The van der Waals surface area contributed by atoms with Crippen molar-refractivity contribution < 1.29 is 13.9 Å². The molecule has 3 rings (SSSR count). The fourth-order valence-corrected chi connectivity index (χ4v) is 2.78. The number of ether oxygens (including phenoxy) is 1. The molecule has 7 heteroatoms. The molecule has 0 aliphatic rings. The van der Waals surface area contributed by atoms with E-state index >= 15 is 0 Å². The van der Waals surface area contributed by atoms with E-state index in [0.29, 0.717) is 29.1 Å². The maximum absolute atomic E-state index is 12.4. The zero-order valence-electron chi connectivity index (χ0n) is 15.9. The van der Waals surface area contributed by atoms with E-state index in [4.69, 9.17) is 14.9 Å². The molecule has 0 saturated carbocycles. The van der Waals surface area contributed by atoms with E-state index in [-0.39, 0.29) is 23.9 Å². The zero-order valence-corrected chi connectivity index (χ0v) is 16.8. The average molecular weight is 403 g/mol. The Hall–Kier alpha value is -2.83. The first kappa shape index (κ1) is 21.5. The van der Waals surface area contributed by atoms with Gasteiger partial charge in [-0.3, -0.25) is 4.79 Å². The third-order valence-corrected chi connectivity index (χ3v) is 4.54. The molecule has 1 unspecified atom stereocenters. The van der Waals surface area contributed by atoms with Gasteiger partial charge < -0.3 is 20.2 Å². The number of rotatable bonds is 5. The van der Waals surface area contributed by atoms with Crippen molar-refractivity contribution in [3.63, 3.8) is 0 Å². The van der Waals surface area contributed by atoms with Gasteiger partial charge in [-0.1, -0.05) is 12.1 Å². The van der Waals surface area contributed by atoms with E-state index in [1.165, 1.54) is 0 Å². The highest BCUT2D eigenvalue weighted by Gasteiger charge is 2.16. The molecule has 1 amide bonds. The minimum atomic E-state index is -0.734. The van der Waals surface area contributed by atoms with Crippen molar-refractivity contribution in [3.8, 4) is 5.75 Å². The number of carbonyl (C=O) groups is 1. The molecule has 1 aromatic heterocycles. The van der Waals surface area contributed by atoms with Crippen molar-refractivity contribution in [3.05, 3.63) is 69.6 Å². The summed E-state index contributed by atoms with van der Waals surface area (Å²) in [7, 11) is 0. The van der Waals surface area contributed by atoms with Gasteiger partial charge in [0.1, 0.15) is 11.3 Å². The van der Waals surface area contributed by atoms with E-state index < -0.39 is 6.10 Å². The smallest absolute Gasteiger partial charge is 0.339 e. The number of amides is 1. The Morgan fingerprint density at radius 2 is 1.93 bits per heavy atom. The third-order valence-electron chi connectivity index (χ3n) is 4.54. The summed E-state index contributed by atoms with van der Waals surface area (Å²) in [5, 5.41) is 3.65. The molecule has 0 spiro atoms. The number of carbonyl (C=O) groups excluding carboxylic acids is 1. The normalized spacial score (nSPS) is 11.6. The van der Waals surface area contributed by atoms with Crippen LogP contribution in [0, 0.1) is 13.8 Å². The van der Waals surface area contributed by atoms with Crippen LogP contribution in [-0.4, -0.2) is 12.0 Å². The van der Waals surface area contributed by atoms with E-state index in [1.807, 2.05) is 31.2 Å². The second kappa shape index (κ2) is 8.91. The predicted molar refractivity (Wildman–Crippen MR) is 112 cm³/mol. The molecule has 28 heavy (non-hydrogen) atoms. The molecule has 0 aliphatic heterocycles. The molecule has 1 heterocycles. The fourth-order valence-electron chi connectivity index (χ4n) is 2.78. The van der Waals surface area contributed by atoms with Crippen LogP contribution >= 0.6 is 12.4 Å². The molecular weight excluding hydrogens is 380 g/mol. The number of halogens is 1. The van der Waals surface area contributed by atoms with Crippen LogP contribution < -0.4 is 21.4 Å². The Kier molecular flexibility index (Phi) is 6.83. The average Bonchev–Trinajstić information content (AvgIpc) is 2.66. The molecule has 1 atom stereocenters. The topological polar surface area (TPSA) is 94.6 Å². The SMILES string of the molecule is Cc1c(C)c2ccc(OC(C)C(=O)Nc3cccc(CN)c3)cc2oc1=O.Cl. The van der Waals surface area contributed by atoms with Crippen molar-refractivity contribution in [2.24, 2.45) is 5.73 Å². The van der Waals surface area contributed by atoms with Gasteiger partial charge in [-0.15, -0.1) is 12.4 Å². The van der Waals surface area contributed by atoms with Gasteiger partial charge in [0.2, 0.25) is 0 Å². The Morgan fingerprint density at radius 3 is 2.64 bits per heavy atom. The number of fused-ring (bicyclic) bond motifs is 1. The van der Waals surface area contributed by atoms with Crippen LogP contribution in [0.15, 0.2) is 51.7 Å². The molecule has 0 radical (unpaired) electrons. The Labute approximate surface area is 169 Å². The number of benzene rings is 2. The summed E-state index contributed by atoms with van der Waals surface area (Å²) >= 11 is 0. The van der Waals surface area contributed by atoms with Crippen LogP contribution in [0.2, 0.25) is 0 Å². The summed E-state index contributed by atoms with van der Waals surface area (Å²) in [4.78, 5) is 24.3. The van der Waals surface area contributed by atoms with Crippen molar-refractivity contribution in [2.45, 2.75) is 33.4 Å². The van der Waals surface area contributed by atoms with Gasteiger partial charge in [0.15, 0.2) is 6.10 Å². The number of nitrogens with two attached hydrogens (primary N) is 1. The molecule has 3 aromatic rings. The second-order valence-electron chi connectivity index (χ2n) is 6.45. The van der Waals surface area contributed by atoms with Crippen molar-refractivity contribution in [1.29, 1.82) is 0 Å². The fraction of sp³-hybridized carbons (Fsp3) is 0.238. The number of aryl methyl sites for hydroxylation is 1. The lowest BCUT2D eigenvalue weighted by atomic mass is 10.1. The third kappa shape index (κ3) is 4.52. The summed E-state index contributed by atoms with van der Waals surface area (Å²) in [6.45, 7) is 5.66. The van der Waals surface area contributed by atoms with Gasteiger partial charge in [-0.25, -0.2) is 4.79 Å². The van der Waals surface area contributed by atoms with Crippen LogP contribution in [0.25, 0.3) is 11.0 Å². The van der Waals surface area contributed by atoms with E-state index in [9.17, 15) is 9.59 Å². The minimum absolute atomic E-state index is 0. The minimum Gasteiger partial charge on any atom is -0.481 e. The lowest BCUT2D eigenvalue weighted by Crippen LogP contribution is -2.30. The van der Waals surface area contributed by atoms with Crippen LogP contribution in [0.4, 0.5) is 5.69 Å². The summed E-state index contributed by atoms with van der Waals surface area (Å²) < 4.78 is 11.1. The van der Waals surface area contributed by atoms with Crippen LogP contribution in [0.1, 0.15) is 23.6 Å². The maximum Gasteiger partial charge on any atom is 0.339 e. The number of anilines is 1.